The summed E-state index contributed by atoms with van der Waals surface area (Å²) in [4.78, 5) is 11.7. The zero-order chi connectivity index (χ0) is 13.7. The monoisotopic (exact) mass is 268 g/mol. The van der Waals surface area contributed by atoms with Crippen molar-refractivity contribution in [3.05, 3.63) is 29.6 Å². The van der Waals surface area contributed by atoms with Crippen LogP contribution in [0.1, 0.15) is 32.3 Å². The number of rotatable bonds is 5. The maximum absolute atomic E-state index is 13.6. The number of carbonyl (C=O) groups is 1. The van der Waals surface area contributed by atoms with Gasteiger partial charge in [0.15, 0.2) is 0 Å². The number of hydrogen-bond acceptors (Lipinski definition) is 2. The summed E-state index contributed by atoms with van der Waals surface area (Å²) < 4.78 is 13.6. The van der Waals surface area contributed by atoms with Gasteiger partial charge in [0.25, 0.3) is 0 Å². The highest BCUT2D eigenvalue weighted by Crippen LogP contribution is 2.16. The summed E-state index contributed by atoms with van der Waals surface area (Å²) >= 11 is 4.75. The molecule has 3 N–H and O–H groups in total. The first-order chi connectivity index (χ1) is 8.40. The molecule has 0 saturated heterocycles. The molecule has 1 aromatic rings. The normalized spacial score (nSPS) is 10.4. The zero-order valence-electron chi connectivity index (χ0n) is 10.5. The van der Waals surface area contributed by atoms with Crippen LogP contribution in [0.3, 0.4) is 0 Å². The molecule has 0 heterocycles. The standard InChI is InChI=1S/C13H17FN2OS/c1-8(2)3-6-12(17)16-11-5-4-9(13(15)18)7-10(11)14/h4-5,7-8H,3,6H2,1-2H3,(H2,15,18)(H,16,17). The van der Waals surface area contributed by atoms with E-state index in [-0.39, 0.29) is 16.6 Å². The van der Waals surface area contributed by atoms with E-state index in [0.29, 0.717) is 17.9 Å². The maximum Gasteiger partial charge on any atom is 0.224 e. The van der Waals surface area contributed by atoms with E-state index >= 15 is 0 Å². The second-order valence-corrected chi connectivity index (χ2v) is 4.98. The molecule has 0 aromatic heterocycles. The van der Waals surface area contributed by atoms with Crippen molar-refractivity contribution in [1.29, 1.82) is 0 Å². The topological polar surface area (TPSA) is 55.1 Å². The summed E-state index contributed by atoms with van der Waals surface area (Å²) in [5, 5.41) is 2.53. The van der Waals surface area contributed by atoms with Gasteiger partial charge in [-0.25, -0.2) is 4.39 Å². The molecule has 5 heteroatoms. The molecule has 1 rings (SSSR count). The number of amides is 1. The number of thiocarbonyl (C=S) groups is 1. The zero-order valence-corrected chi connectivity index (χ0v) is 11.3. The van der Waals surface area contributed by atoms with Gasteiger partial charge in [0.05, 0.1) is 5.69 Å². The average molecular weight is 268 g/mol. The summed E-state index contributed by atoms with van der Waals surface area (Å²) in [6, 6.07) is 4.28. The molecule has 0 unspecified atom stereocenters. The molecule has 18 heavy (non-hydrogen) atoms. The summed E-state index contributed by atoms with van der Waals surface area (Å²) in [5.41, 5.74) is 6.00. The highest BCUT2D eigenvalue weighted by molar-refractivity contribution is 7.80. The molecule has 1 aromatic carbocycles. The molecule has 0 spiro atoms. The van der Waals surface area contributed by atoms with Crippen molar-refractivity contribution in [3.63, 3.8) is 0 Å². The van der Waals surface area contributed by atoms with Gasteiger partial charge in [0.1, 0.15) is 10.8 Å². The van der Waals surface area contributed by atoms with Crippen molar-refractivity contribution in [2.24, 2.45) is 11.7 Å². The van der Waals surface area contributed by atoms with Crippen LogP contribution in [0.5, 0.6) is 0 Å². The van der Waals surface area contributed by atoms with Gasteiger partial charge >= 0.3 is 0 Å². The lowest BCUT2D eigenvalue weighted by molar-refractivity contribution is -0.116. The van der Waals surface area contributed by atoms with Crippen molar-refractivity contribution >= 4 is 28.8 Å². The Morgan fingerprint density at radius 2 is 2.17 bits per heavy atom. The van der Waals surface area contributed by atoms with Crippen LogP contribution >= 0.6 is 12.2 Å². The fourth-order valence-corrected chi connectivity index (χ4v) is 1.53. The van der Waals surface area contributed by atoms with Gasteiger partial charge in [0, 0.05) is 12.0 Å². The summed E-state index contributed by atoms with van der Waals surface area (Å²) in [7, 11) is 0. The van der Waals surface area contributed by atoms with Crippen molar-refractivity contribution < 1.29 is 9.18 Å². The lowest BCUT2D eigenvalue weighted by Crippen LogP contribution is -2.14. The first-order valence-electron chi connectivity index (χ1n) is 5.79. The quantitative estimate of drug-likeness (QED) is 0.807. The fraction of sp³-hybridized carbons (Fsp3) is 0.385. The maximum atomic E-state index is 13.6. The third kappa shape index (κ3) is 4.41. The lowest BCUT2D eigenvalue weighted by atomic mass is 10.1. The Morgan fingerprint density at radius 3 is 2.67 bits per heavy atom. The molecule has 0 bridgehead atoms. The van der Waals surface area contributed by atoms with Crippen LogP contribution in [0, 0.1) is 11.7 Å². The number of nitrogens with two attached hydrogens (primary N) is 1. The van der Waals surface area contributed by atoms with E-state index in [2.05, 4.69) is 5.32 Å². The van der Waals surface area contributed by atoms with E-state index in [0.717, 1.165) is 6.42 Å². The highest BCUT2D eigenvalue weighted by Gasteiger charge is 2.09. The molecular weight excluding hydrogens is 251 g/mol. The van der Waals surface area contributed by atoms with Gasteiger partial charge in [-0.1, -0.05) is 26.1 Å². The Labute approximate surface area is 112 Å². The number of halogens is 1. The van der Waals surface area contributed by atoms with Crippen LogP contribution in [0.15, 0.2) is 18.2 Å². The van der Waals surface area contributed by atoms with Gasteiger partial charge < -0.3 is 11.1 Å². The number of anilines is 1. The predicted octanol–water partition coefficient (Wildman–Crippen LogP) is 2.83. The predicted molar refractivity (Wildman–Crippen MR) is 75.0 cm³/mol. The molecule has 0 saturated carbocycles. The second kappa shape index (κ2) is 6.44. The number of carbonyl (C=O) groups excluding carboxylic acids is 1. The Bertz CT molecular complexity index is 460. The molecule has 1 amide bonds. The van der Waals surface area contributed by atoms with Crippen LogP contribution in [0.2, 0.25) is 0 Å². The van der Waals surface area contributed by atoms with E-state index < -0.39 is 5.82 Å². The first kappa shape index (κ1) is 14.6. The second-order valence-electron chi connectivity index (χ2n) is 4.54. The Kier molecular flexibility index (Phi) is 5.22. The third-order valence-electron chi connectivity index (χ3n) is 2.48. The van der Waals surface area contributed by atoms with Gasteiger partial charge in [0.2, 0.25) is 5.91 Å². The fourth-order valence-electron chi connectivity index (χ4n) is 1.40. The van der Waals surface area contributed by atoms with Gasteiger partial charge in [-0.3, -0.25) is 4.79 Å². The first-order valence-corrected chi connectivity index (χ1v) is 6.20. The smallest absolute Gasteiger partial charge is 0.224 e. The van der Waals surface area contributed by atoms with E-state index in [1.165, 1.54) is 12.1 Å². The van der Waals surface area contributed by atoms with Crippen molar-refractivity contribution in [2.45, 2.75) is 26.7 Å². The van der Waals surface area contributed by atoms with E-state index in [1.54, 1.807) is 6.07 Å². The molecule has 0 atom stereocenters. The lowest BCUT2D eigenvalue weighted by Gasteiger charge is -2.08. The molecule has 0 aliphatic rings. The highest BCUT2D eigenvalue weighted by atomic mass is 32.1. The number of nitrogens with one attached hydrogen (secondary N) is 1. The molecule has 0 aliphatic carbocycles. The molecular formula is C13H17FN2OS. The third-order valence-corrected chi connectivity index (χ3v) is 2.71. The minimum Gasteiger partial charge on any atom is -0.389 e. The minimum atomic E-state index is -0.529. The Hall–Kier alpha value is -1.49. The molecule has 0 fully saturated rings. The molecule has 3 nitrogen and oxygen atoms in total. The van der Waals surface area contributed by atoms with Crippen LogP contribution in [-0.4, -0.2) is 10.9 Å². The number of hydrogen-bond donors (Lipinski definition) is 2. The molecule has 0 aliphatic heterocycles. The van der Waals surface area contributed by atoms with E-state index in [4.69, 9.17) is 18.0 Å². The van der Waals surface area contributed by atoms with Crippen LogP contribution in [0.25, 0.3) is 0 Å². The number of benzene rings is 1. The summed E-state index contributed by atoms with van der Waals surface area (Å²) in [5.74, 6) is -0.276. The summed E-state index contributed by atoms with van der Waals surface area (Å²) in [6.45, 7) is 4.07. The van der Waals surface area contributed by atoms with Crippen molar-refractivity contribution in [3.8, 4) is 0 Å². The average Bonchev–Trinajstić information content (AvgIpc) is 2.29. The van der Waals surface area contributed by atoms with Crippen LogP contribution < -0.4 is 11.1 Å². The largest absolute Gasteiger partial charge is 0.389 e. The van der Waals surface area contributed by atoms with Gasteiger partial charge in [-0.2, -0.15) is 0 Å². The van der Waals surface area contributed by atoms with Crippen molar-refractivity contribution in [2.75, 3.05) is 5.32 Å². The van der Waals surface area contributed by atoms with E-state index in [9.17, 15) is 9.18 Å². The van der Waals surface area contributed by atoms with Crippen LogP contribution in [-0.2, 0) is 4.79 Å². The molecule has 98 valence electrons. The van der Waals surface area contributed by atoms with Gasteiger partial charge in [-0.05, 0) is 30.5 Å². The molecule has 0 radical (unpaired) electrons. The van der Waals surface area contributed by atoms with E-state index in [1.807, 2.05) is 13.8 Å². The van der Waals surface area contributed by atoms with Crippen LogP contribution in [0.4, 0.5) is 10.1 Å². The minimum absolute atomic E-state index is 0.131. The summed E-state index contributed by atoms with van der Waals surface area (Å²) in [6.07, 6.45) is 1.16. The van der Waals surface area contributed by atoms with Crippen molar-refractivity contribution in [1.82, 2.24) is 0 Å². The SMILES string of the molecule is CC(C)CCC(=O)Nc1ccc(C(N)=S)cc1F. The Balaban J connectivity index is 2.68. The van der Waals surface area contributed by atoms with Gasteiger partial charge in [-0.15, -0.1) is 0 Å². The Morgan fingerprint density at radius 1 is 1.50 bits per heavy atom.